The van der Waals surface area contributed by atoms with Crippen LogP contribution in [0.3, 0.4) is 0 Å². The van der Waals surface area contributed by atoms with Crippen LogP contribution in [0.5, 0.6) is 5.75 Å². The van der Waals surface area contributed by atoms with Gasteiger partial charge < -0.3 is 4.74 Å². The highest BCUT2D eigenvalue weighted by Gasteiger charge is 1.87. The molecule has 0 amide bonds. The van der Waals surface area contributed by atoms with E-state index in [1.165, 1.54) is 24.8 Å². The van der Waals surface area contributed by atoms with Crippen LogP contribution in [0.25, 0.3) is 0 Å². The number of ether oxygens (including phenoxy) is 1. The van der Waals surface area contributed by atoms with E-state index in [1.807, 2.05) is 30.3 Å². The molecule has 0 aliphatic heterocycles. The molecular formula is C19H26O. The van der Waals surface area contributed by atoms with Crippen LogP contribution in [0.1, 0.15) is 38.7 Å². The van der Waals surface area contributed by atoms with Crippen molar-refractivity contribution < 1.29 is 4.74 Å². The molecule has 2 rings (SSSR count). The Balaban J connectivity index is 0.000000200. The molecule has 0 atom stereocenters. The highest BCUT2D eigenvalue weighted by molar-refractivity contribution is 5.20. The van der Waals surface area contributed by atoms with E-state index in [9.17, 15) is 0 Å². The number of rotatable bonds is 6. The van der Waals surface area contributed by atoms with Crippen molar-refractivity contribution in [2.75, 3.05) is 6.61 Å². The van der Waals surface area contributed by atoms with E-state index in [1.54, 1.807) is 0 Å². The summed E-state index contributed by atoms with van der Waals surface area (Å²) in [7, 11) is 0. The minimum Gasteiger partial charge on any atom is -0.494 e. The van der Waals surface area contributed by atoms with Crippen LogP contribution in [0.4, 0.5) is 0 Å². The Kier molecular flexibility index (Phi) is 9.04. The summed E-state index contributed by atoms with van der Waals surface area (Å²) in [6.07, 6.45) is 4.89. The van der Waals surface area contributed by atoms with E-state index in [-0.39, 0.29) is 0 Å². The fraction of sp³-hybridized carbons (Fsp3) is 0.368. The maximum Gasteiger partial charge on any atom is 0.119 e. The molecule has 2 aromatic carbocycles. The smallest absolute Gasteiger partial charge is 0.119 e. The number of para-hydroxylation sites is 1. The molecular weight excluding hydrogens is 244 g/mol. The Hall–Kier alpha value is -1.76. The average molecular weight is 270 g/mol. The maximum atomic E-state index is 5.36. The molecule has 0 fully saturated rings. The van der Waals surface area contributed by atoms with Gasteiger partial charge in [-0.15, -0.1) is 0 Å². The molecule has 0 aliphatic carbocycles. The van der Waals surface area contributed by atoms with Crippen molar-refractivity contribution in [2.24, 2.45) is 0 Å². The van der Waals surface area contributed by atoms with Gasteiger partial charge in [-0.25, -0.2) is 0 Å². The van der Waals surface area contributed by atoms with Crippen LogP contribution in [0, 0.1) is 0 Å². The summed E-state index contributed by atoms with van der Waals surface area (Å²) < 4.78 is 5.36. The number of hydrogen-bond acceptors (Lipinski definition) is 1. The van der Waals surface area contributed by atoms with Crippen LogP contribution in [0.15, 0.2) is 60.7 Å². The monoisotopic (exact) mass is 270 g/mol. The first kappa shape index (κ1) is 16.3. The van der Waals surface area contributed by atoms with Crippen LogP contribution >= 0.6 is 0 Å². The predicted molar refractivity (Wildman–Crippen MR) is 87.3 cm³/mol. The van der Waals surface area contributed by atoms with Crippen LogP contribution in [0.2, 0.25) is 0 Å². The largest absolute Gasteiger partial charge is 0.494 e. The average Bonchev–Trinajstić information content (AvgIpc) is 2.53. The van der Waals surface area contributed by atoms with Gasteiger partial charge in [-0.3, -0.25) is 0 Å². The topological polar surface area (TPSA) is 9.23 Å². The SMILES string of the molecule is CCCCc1ccccc1.CCCOc1ccccc1. The molecule has 20 heavy (non-hydrogen) atoms. The van der Waals surface area contributed by atoms with Crippen molar-refractivity contribution in [3.63, 3.8) is 0 Å². The lowest BCUT2D eigenvalue weighted by Gasteiger charge is -2.01. The molecule has 0 aromatic heterocycles. The summed E-state index contributed by atoms with van der Waals surface area (Å²) in [6.45, 7) is 5.13. The minimum atomic E-state index is 0.810. The van der Waals surface area contributed by atoms with Gasteiger partial charge in [-0.2, -0.15) is 0 Å². The van der Waals surface area contributed by atoms with E-state index < -0.39 is 0 Å². The second kappa shape index (κ2) is 11.1. The zero-order chi connectivity index (χ0) is 14.5. The fourth-order valence-electron chi connectivity index (χ4n) is 1.76. The lowest BCUT2D eigenvalue weighted by molar-refractivity contribution is 0.317. The van der Waals surface area contributed by atoms with E-state index in [0.29, 0.717) is 0 Å². The van der Waals surface area contributed by atoms with Gasteiger partial charge in [0.25, 0.3) is 0 Å². The summed E-state index contributed by atoms with van der Waals surface area (Å²) in [5, 5.41) is 0. The second-order valence-electron chi connectivity index (χ2n) is 4.75. The van der Waals surface area contributed by atoms with Crippen LogP contribution in [-0.2, 0) is 6.42 Å². The first-order valence-electron chi connectivity index (χ1n) is 7.58. The molecule has 0 saturated carbocycles. The molecule has 0 unspecified atom stereocenters. The van der Waals surface area contributed by atoms with Crippen molar-refractivity contribution in [1.82, 2.24) is 0 Å². The van der Waals surface area contributed by atoms with Crippen molar-refractivity contribution in [3.8, 4) is 5.75 Å². The van der Waals surface area contributed by atoms with Gasteiger partial charge in [0.05, 0.1) is 6.61 Å². The van der Waals surface area contributed by atoms with Gasteiger partial charge in [-0.1, -0.05) is 68.8 Å². The van der Waals surface area contributed by atoms with E-state index in [0.717, 1.165) is 18.8 Å². The molecule has 0 heterocycles. The minimum absolute atomic E-state index is 0.810. The van der Waals surface area contributed by atoms with Gasteiger partial charge in [0.1, 0.15) is 5.75 Å². The van der Waals surface area contributed by atoms with Gasteiger partial charge in [0.2, 0.25) is 0 Å². The van der Waals surface area contributed by atoms with Crippen LogP contribution in [-0.4, -0.2) is 6.61 Å². The molecule has 2 aromatic rings. The van der Waals surface area contributed by atoms with Gasteiger partial charge in [-0.05, 0) is 37.0 Å². The Labute approximate surface area is 123 Å². The number of hydrogen-bond donors (Lipinski definition) is 0. The van der Waals surface area contributed by atoms with Crippen molar-refractivity contribution in [3.05, 3.63) is 66.2 Å². The molecule has 0 saturated heterocycles. The Morgan fingerprint density at radius 1 is 0.750 bits per heavy atom. The number of aryl methyl sites for hydroxylation is 1. The number of benzene rings is 2. The lowest BCUT2D eigenvalue weighted by Crippen LogP contribution is -1.93. The third-order valence-electron chi connectivity index (χ3n) is 2.88. The lowest BCUT2D eigenvalue weighted by atomic mass is 10.1. The van der Waals surface area contributed by atoms with Crippen molar-refractivity contribution in [1.29, 1.82) is 0 Å². The third kappa shape index (κ3) is 7.63. The summed E-state index contributed by atoms with van der Waals surface area (Å²) >= 11 is 0. The quantitative estimate of drug-likeness (QED) is 0.673. The first-order valence-corrected chi connectivity index (χ1v) is 7.58. The summed E-state index contributed by atoms with van der Waals surface area (Å²) in [5.41, 5.74) is 1.46. The zero-order valence-electron chi connectivity index (χ0n) is 12.7. The molecule has 1 nitrogen and oxygen atoms in total. The van der Waals surface area contributed by atoms with E-state index in [2.05, 4.69) is 44.2 Å². The van der Waals surface area contributed by atoms with Crippen molar-refractivity contribution >= 4 is 0 Å². The van der Waals surface area contributed by atoms with E-state index >= 15 is 0 Å². The van der Waals surface area contributed by atoms with Gasteiger partial charge >= 0.3 is 0 Å². The highest BCUT2D eigenvalue weighted by Crippen LogP contribution is 2.07. The first-order chi connectivity index (χ1) is 9.86. The summed E-state index contributed by atoms with van der Waals surface area (Å²) in [6, 6.07) is 20.5. The van der Waals surface area contributed by atoms with Gasteiger partial charge in [0, 0.05) is 0 Å². The highest BCUT2D eigenvalue weighted by atomic mass is 16.5. The normalized spacial score (nSPS) is 9.50. The Bertz CT molecular complexity index is 379. The molecule has 108 valence electrons. The van der Waals surface area contributed by atoms with Crippen molar-refractivity contribution in [2.45, 2.75) is 39.5 Å². The Morgan fingerprint density at radius 2 is 1.35 bits per heavy atom. The summed E-state index contributed by atoms with van der Waals surface area (Å²) in [5.74, 6) is 0.962. The summed E-state index contributed by atoms with van der Waals surface area (Å²) in [4.78, 5) is 0. The number of unbranched alkanes of at least 4 members (excludes halogenated alkanes) is 1. The third-order valence-corrected chi connectivity index (χ3v) is 2.88. The molecule has 0 bridgehead atoms. The van der Waals surface area contributed by atoms with E-state index in [4.69, 9.17) is 4.74 Å². The standard InChI is InChI=1S/C10H14.C9H12O/c1-2-3-7-10-8-5-4-6-9-10;1-2-8-10-9-6-4-3-5-7-9/h4-6,8-9H,2-3,7H2,1H3;3-7H,2,8H2,1H3. The molecule has 0 radical (unpaired) electrons. The zero-order valence-corrected chi connectivity index (χ0v) is 12.7. The second-order valence-corrected chi connectivity index (χ2v) is 4.75. The Morgan fingerprint density at radius 3 is 1.90 bits per heavy atom. The maximum absolute atomic E-state index is 5.36. The van der Waals surface area contributed by atoms with Crippen LogP contribution < -0.4 is 4.74 Å². The fourth-order valence-corrected chi connectivity index (χ4v) is 1.76. The molecule has 0 N–H and O–H groups in total. The van der Waals surface area contributed by atoms with Gasteiger partial charge in [0.15, 0.2) is 0 Å². The predicted octanol–water partition coefficient (Wildman–Crippen LogP) is 5.50. The molecule has 0 spiro atoms. The molecule has 1 heteroatoms. The molecule has 0 aliphatic rings.